The molecule has 0 fully saturated rings. The second-order valence-corrected chi connectivity index (χ2v) is 7.55. The van der Waals surface area contributed by atoms with Crippen LogP contribution in [0.1, 0.15) is 29.9 Å². The molecule has 22 heavy (non-hydrogen) atoms. The van der Waals surface area contributed by atoms with Crippen molar-refractivity contribution >= 4 is 33.0 Å². The van der Waals surface area contributed by atoms with E-state index in [0.717, 1.165) is 0 Å². The largest absolute Gasteiger partial charge is 0.321 e. The number of nitrogens with one attached hydrogen (secondary N) is 2. The Morgan fingerprint density at radius 1 is 1.23 bits per heavy atom. The van der Waals surface area contributed by atoms with Crippen LogP contribution in [0.15, 0.2) is 46.7 Å². The van der Waals surface area contributed by atoms with Crippen molar-refractivity contribution in [2.24, 2.45) is 0 Å². The summed E-state index contributed by atoms with van der Waals surface area (Å²) in [6.45, 7) is 3.73. The number of amides is 1. The van der Waals surface area contributed by atoms with Crippen LogP contribution in [0, 0.1) is 0 Å². The zero-order chi connectivity index (χ0) is 16.2. The highest BCUT2D eigenvalue weighted by molar-refractivity contribution is 7.89. The number of anilines is 1. The number of hydrogen-bond donors (Lipinski definition) is 2. The first-order chi connectivity index (χ1) is 10.4. The molecule has 2 N–H and O–H groups in total. The van der Waals surface area contributed by atoms with Crippen LogP contribution in [-0.2, 0) is 10.0 Å². The van der Waals surface area contributed by atoms with Crippen molar-refractivity contribution in [2.45, 2.75) is 31.2 Å². The molecule has 0 spiro atoms. The quantitative estimate of drug-likeness (QED) is 0.850. The number of thiophene rings is 1. The average Bonchev–Trinajstić information content (AvgIpc) is 3.01. The Hall–Kier alpha value is -1.70. The predicted octanol–water partition coefficient (Wildman–Crippen LogP) is 3.08. The molecule has 0 bridgehead atoms. The van der Waals surface area contributed by atoms with Gasteiger partial charge >= 0.3 is 0 Å². The third kappa shape index (κ3) is 4.16. The summed E-state index contributed by atoms with van der Waals surface area (Å²) in [5.41, 5.74) is 0.556. The molecule has 1 heterocycles. The summed E-state index contributed by atoms with van der Waals surface area (Å²) in [5, 5.41) is 4.56. The summed E-state index contributed by atoms with van der Waals surface area (Å²) in [6.07, 6.45) is 0.716. The number of rotatable bonds is 6. The monoisotopic (exact) mass is 338 g/mol. The summed E-state index contributed by atoms with van der Waals surface area (Å²) >= 11 is 1.35. The Morgan fingerprint density at radius 2 is 1.91 bits per heavy atom. The van der Waals surface area contributed by atoms with Crippen LogP contribution < -0.4 is 10.0 Å². The molecule has 0 unspecified atom stereocenters. The van der Waals surface area contributed by atoms with E-state index in [1.165, 1.54) is 23.5 Å². The first-order valence-corrected chi connectivity index (χ1v) is 9.26. The molecule has 118 valence electrons. The van der Waals surface area contributed by atoms with Gasteiger partial charge in [-0.05, 0) is 49.1 Å². The molecule has 0 saturated carbocycles. The fourth-order valence-corrected chi connectivity index (χ4v) is 3.68. The highest BCUT2D eigenvalue weighted by atomic mass is 32.2. The lowest BCUT2D eigenvalue weighted by Gasteiger charge is -2.12. The second-order valence-electron chi connectivity index (χ2n) is 4.89. The molecule has 5 nitrogen and oxygen atoms in total. The molecule has 0 radical (unpaired) electrons. The van der Waals surface area contributed by atoms with Crippen molar-refractivity contribution in [2.75, 3.05) is 5.32 Å². The number of carbonyl (C=O) groups excluding carboxylic acids is 1. The first-order valence-electron chi connectivity index (χ1n) is 6.89. The zero-order valence-corrected chi connectivity index (χ0v) is 14.0. The molecule has 1 amide bonds. The number of carbonyl (C=O) groups is 1. The lowest BCUT2D eigenvalue weighted by molar-refractivity contribution is 0.103. The zero-order valence-electron chi connectivity index (χ0n) is 12.4. The minimum absolute atomic E-state index is 0.122. The van der Waals surface area contributed by atoms with Crippen LogP contribution in [0.2, 0.25) is 0 Å². The third-order valence-corrected chi connectivity index (χ3v) is 5.61. The molecule has 2 rings (SSSR count). The van der Waals surface area contributed by atoms with Gasteiger partial charge in [-0.15, -0.1) is 11.3 Å². The second kappa shape index (κ2) is 7.04. The summed E-state index contributed by atoms with van der Waals surface area (Å²) in [4.78, 5) is 12.7. The lowest BCUT2D eigenvalue weighted by atomic mass is 10.3. The fraction of sp³-hybridized carbons (Fsp3) is 0.267. The van der Waals surface area contributed by atoms with Gasteiger partial charge in [-0.25, -0.2) is 13.1 Å². The highest BCUT2D eigenvalue weighted by Gasteiger charge is 2.16. The van der Waals surface area contributed by atoms with Crippen molar-refractivity contribution < 1.29 is 13.2 Å². The molecule has 0 aliphatic carbocycles. The molecule has 1 aromatic carbocycles. The van der Waals surface area contributed by atoms with E-state index in [0.29, 0.717) is 17.0 Å². The van der Waals surface area contributed by atoms with Gasteiger partial charge in [0.25, 0.3) is 5.91 Å². The van der Waals surface area contributed by atoms with Gasteiger partial charge in [0, 0.05) is 11.7 Å². The molecule has 0 aliphatic rings. The Kier molecular flexibility index (Phi) is 5.33. The van der Waals surface area contributed by atoms with Crippen molar-refractivity contribution in [1.29, 1.82) is 0 Å². The van der Waals surface area contributed by atoms with Gasteiger partial charge in [0.05, 0.1) is 9.77 Å². The number of benzene rings is 1. The van der Waals surface area contributed by atoms with Crippen LogP contribution in [0.3, 0.4) is 0 Å². The summed E-state index contributed by atoms with van der Waals surface area (Å²) in [7, 11) is -3.52. The first kappa shape index (κ1) is 16.7. The van der Waals surface area contributed by atoms with Gasteiger partial charge in [-0.2, -0.15) is 0 Å². The minimum atomic E-state index is -3.52. The maximum atomic E-state index is 12.1. The van der Waals surface area contributed by atoms with E-state index >= 15 is 0 Å². The Morgan fingerprint density at radius 3 is 2.45 bits per heavy atom. The third-order valence-electron chi connectivity index (χ3n) is 3.14. The van der Waals surface area contributed by atoms with Gasteiger partial charge in [-0.3, -0.25) is 4.79 Å². The van der Waals surface area contributed by atoms with Crippen LogP contribution in [-0.4, -0.2) is 20.4 Å². The standard InChI is InChI=1S/C15H18N2O3S2/c1-3-11(2)17-22(19,20)13-8-6-12(7-9-13)16-15(18)14-5-4-10-21-14/h4-11,17H,3H2,1-2H3,(H,16,18)/t11-/m0/s1. The molecule has 7 heteroatoms. The van der Waals surface area contributed by atoms with E-state index in [9.17, 15) is 13.2 Å². The van der Waals surface area contributed by atoms with Crippen molar-refractivity contribution in [3.05, 3.63) is 46.7 Å². The summed E-state index contributed by atoms with van der Waals surface area (Å²) < 4.78 is 26.8. The van der Waals surface area contributed by atoms with Gasteiger partial charge in [0.1, 0.15) is 0 Å². The molecule has 0 aliphatic heterocycles. The van der Waals surface area contributed by atoms with E-state index in [4.69, 9.17) is 0 Å². The van der Waals surface area contributed by atoms with Crippen molar-refractivity contribution in [3.63, 3.8) is 0 Å². The predicted molar refractivity (Wildman–Crippen MR) is 88.8 cm³/mol. The maximum Gasteiger partial charge on any atom is 0.265 e. The van der Waals surface area contributed by atoms with Crippen LogP contribution in [0.4, 0.5) is 5.69 Å². The molecular weight excluding hydrogens is 320 g/mol. The molecular formula is C15H18N2O3S2. The lowest BCUT2D eigenvalue weighted by Crippen LogP contribution is -2.31. The molecule has 1 aromatic heterocycles. The van der Waals surface area contributed by atoms with Crippen molar-refractivity contribution in [3.8, 4) is 0 Å². The smallest absolute Gasteiger partial charge is 0.265 e. The topological polar surface area (TPSA) is 75.3 Å². The molecule has 0 saturated heterocycles. The summed E-state index contributed by atoms with van der Waals surface area (Å²) in [6, 6.07) is 9.53. The van der Waals surface area contributed by atoms with Crippen molar-refractivity contribution in [1.82, 2.24) is 4.72 Å². The molecule has 1 atom stereocenters. The van der Waals surface area contributed by atoms with E-state index in [1.54, 1.807) is 24.3 Å². The Labute approximate surface area is 134 Å². The van der Waals surface area contributed by atoms with E-state index in [-0.39, 0.29) is 16.8 Å². The van der Waals surface area contributed by atoms with E-state index < -0.39 is 10.0 Å². The molecule has 2 aromatic rings. The van der Waals surface area contributed by atoms with Crippen LogP contribution in [0.25, 0.3) is 0 Å². The van der Waals surface area contributed by atoms with Gasteiger partial charge in [-0.1, -0.05) is 13.0 Å². The van der Waals surface area contributed by atoms with Gasteiger partial charge in [0.15, 0.2) is 0 Å². The van der Waals surface area contributed by atoms with Crippen LogP contribution in [0.5, 0.6) is 0 Å². The normalized spacial score (nSPS) is 12.8. The fourth-order valence-electron chi connectivity index (χ4n) is 1.73. The number of sulfonamides is 1. The van der Waals surface area contributed by atoms with Crippen LogP contribution >= 0.6 is 11.3 Å². The minimum Gasteiger partial charge on any atom is -0.321 e. The SMILES string of the molecule is CC[C@H](C)NS(=O)(=O)c1ccc(NC(=O)c2cccs2)cc1. The summed E-state index contributed by atoms with van der Waals surface area (Å²) in [5.74, 6) is -0.205. The van der Waals surface area contributed by atoms with Gasteiger partial charge < -0.3 is 5.32 Å². The van der Waals surface area contributed by atoms with E-state index in [1.807, 2.05) is 19.2 Å². The average molecular weight is 338 g/mol. The highest BCUT2D eigenvalue weighted by Crippen LogP contribution is 2.17. The van der Waals surface area contributed by atoms with E-state index in [2.05, 4.69) is 10.0 Å². The van der Waals surface area contributed by atoms with Gasteiger partial charge in [0.2, 0.25) is 10.0 Å². The Bertz CT molecular complexity index is 723. The number of hydrogen-bond acceptors (Lipinski definition) is 4. The Balaban J connectivity index is 2.09. The maximum absolute atomic E-state index is 12.1.